The molecule has 1 atom stereocenters. The monoisotopic (exact) mass is 513 g/mol. The van der Waals surface area contributed by atoms with Crippen LogP contribution in [0.5, 0.6) is 0 Å². The van der Waals surface area contributed by atoms with Crippen LogP contribution in [-0.2, 0) is 16.1 Å². The Bertz CT molecular complexity index is 1000. The van der Waals surface area contributed by atoms with Gasteiger partial charge in [0.05, 0.1) is 23.8 Å². The Kier molecular flexibility index (Phi) is 9.01. The maximum absolute atomic E-state index is 14.9. The summed E-state index contributed by atoms with van der Waals surface area (Å²) in [6, 6.07) is 9.19. The lowest BCUT2D eigenvalue weighted by molar-refractivity contribution is -0.119. The molecule has 1 saturated heterocycles. The van der Waals surface area contributed by atoms with Gasteiger partial charge in [0.1, 0.15) is 5.82 Å². The number of nitrogens with zero attached hydrogens (tertiary/aromatic N) is 1. The van der Waals surface area contributed by atoms with Gasteiger partial charge in [0, 0.05) is 35.4 Å². The summed E-state index contributed by atoms with van der Waals surface area (Å²) >= 11 is 7.29. The van der Waals surface area contributed by atoms with Gasteiger partial charge in [-0.3, -0.25) is 9.59 Å². The van der Waals surface area contributed by atoms with Crippen LogP contribution in [0.2, 0.25) is 5.02 Å². The number of rotatable bonds is 5. The molecule has 0 aliphatic carbocycles. The third-order valence-corrected chi connectivity index (χ3v) is 7.15. The number of nitrogens with one attached hydrogen (secondary N) is 1. The average Bonchev–Trinajstić information content (AvgIpc) is 2.91. The molecule has 1 fully saturated rings. The Balaban J connectivity index is 0.00000306. The van der Waals surface area contributed by atoms with E-state index in [1.807, 2.05) is 12.1 Å². The highest BCUT2D eigenvalue weighted by molar-refractivity contribution is 7.99. The second-order valence-corrected chi connectivity index (χ2v) is 9.53. The highest BCUT2D eigenvalue weighted by Gasteiger charge is 2.30. The molecule has 0 saturated carbocycles. The van der Waals surface area contributed by atoms with Crippen LogP contribution in [0.25, 0.3) is 0 Å². The quantitative estimate of drug-likeness (QED) is 0.630. The fourth-order valence-corrected chi connectivity index (χ4v) is 4.96. The van der Waals surface area contributed by atoms with Crippen LogP contribution in [0.3, 0.4) is 0 Å². The number of benzene rings is 2. The second kappa shape index (κ2) is 11.5. The van der Waals surface area contributed by atoms with Crippen LogP contribution >= 0.6 is 35.8 Å². The van der Waals surface area contributed by atoms with Crippen molar-refractivity contribution >= 4 is 53.3 Å². The number of hydrogen-bond donors (Lipinski definition) is 2. The number of ether oxygens (including phenoxy) is 1. The SMILES string of the molecule is Cl.N[C@H]1CSc2cc(F)c(C(=O)NCC3CCOCC3)cc2N(Cc2ccc(Cl)cc2)C1=O. The van der Waals surface area contributed by atoms with E-state index in [0.717, 1.165) is 18.4 Å². The minimum Gasteiger partial charge on any atom is -0.381 e. The normalized spacial score (nSPS) is 18.8. The Morgan fingerprint density at radius 1 is 1.24 bits per heavy atom. The van der Waals surface area contributed by atoms with Gasteiger partial charge in [-0.2, -0.15) is 0 Å². The molecule has 33 heavy (non-hydrogen) atoms. The summed E-state index contributed by atoms with van der Waals surface area (Å²) in [6.45, 7) is 2.05. The predicted octanol–water partition coefficient (Wildman–Crippen LogP) is 4.02. The van der Waals surface area contributed by atoms with Gasteiger partial charge in [0.2, 0.25) is 5.91 Å². The number of anilines is 1. The summed E-state index contributed by atoms with van der Waals surface area (Å²) in [4.78, 5) is 27.9. The van der Waals surface area contributed by atoms with Gasteiger partial charge in [-0.25, -0.2) is 4.39 Å². The molecule has 2 aromatic carbocycles. The Labute approximate surface area is 207 Å². The molecule has 2 aliphatic rings. The Morgan fingerprint density at radius 2 is 1.94 bits per heavy atom. The number of nitrogens with two attached hydrogens (primary N) is 1. The summed E-state index contributed by atoms with van der Waals surface area (Å²) < 4.78 is 20.2. The van der Waals surface area contributed by atoms with Gasteiger partial charge < -0.3 is 20.7 Å². The summed E-state index contributed by atoms with van der Waals surface area (Å²) in [7, 11) is 0. The minimum absolute atomic E-state index is 0. The lowest BCUT2D eigenvalue weighted by atomic mass is 10.0. The summed E-state index contributed by atoms with van der Waals surface area (Å²) in [5.41, 5.74) is 7.33. The zero-order chi connectivity index (χ0) is 22.7. The molecule has 4 rings (SSSR count). The highest BCUT2D eigenvalue weighted by Crippen LogP contribution is 2.37. The van der Waals surface area contributed by atoms with Gasteiger partial charge in [-0.05, 0) is 48.6 Å². The van der Waals surface area contributed by atoms with Crippen molar-refractivity contribution in [2.24, 2.45) is 11.7 Å². The smallest absolute Gasteiger partial charge is 0.254 e. The molecule has 0 aromatic heterocycles. The third kappa shape index (κ3) is 6.19. The lowest BCUT2D eigenvalue weighted by Gasteiger charge is -2.25. The molecular weight excluding hydrogens is 488 g/mol. The maximum Gasteiger partial charge on any atom is 0.254 e. The zero-order valence-electron chi connectivity index (χ0n) is 17.9. The molecule has 2 heterocycles. The summed E-state index contributed by atoms with van der Waals surface area (Å²) in [5.74, 6) is -0.735. The number of hydrogen-bond acceptors (Lipinski definition) is 5. The van der Waals surface area contributed by atoms with Crippen LogP contribution in [-0.4, -0.2) is 43.4 Å². The fourth-order valence-electron chi connectivity index (χ4n) is 3.83. The van der Waals surface area contributed by atoms with Crippen molar-refractivity contribution in [2.45, 2.75) is 30.3 Å². The van der Waals surface area contributed by atoms with Gasteiger partial charge in [0.25, 0.3) is 5.91 Å². The van der Waals surface area contributed by atoms with Crippen LogP contribution in [0, 0.1) is 11.7 Å². The molecule has 0 unspecified atom stereocenters. The summed E-state index contributed by atoms with van der Waals surface area (Å²) in [6.07, 6.45) is 1.73. The molecule has 3 N–H and O–H groups in total. The van der Waals surface area contributed by atoms with E-state index in [9.17, 15) is 14.0 Å². The van der Waals surface area contributed by atoms with Crippen molar-refractivity contribution in [1.82, 2.24) is 5.32 Å². The fraction of sp³-hybridized carbons (Fsp3) is 0.391. The zero-order valence-corrected chi connectivity index (χ0v) is 20.3. The molecule has 10 heteroatoms. The molecule has 178 valence electrons. The van der Waals surface area contributed by atoms with Crippen molar-refractivity contribution in [1.29, 1.82) is 0 Å². The van der Waals surface area contributed by atoms with E-state index < -0.39 is 17.8 Å². The van der Waals surface area contributed by atoms with E-state index in [1.165, 1.54) is 28.8 Å². The molecule has 0 radical (unpaired) electrons. The molecule has 6 nitrogen and oxygen atoms in total. The van der Waals surface area contributed by atoms with E-state index in [-0.39, 0.29) is 30.4 Å². The van der Waals surface area contributed by atoms with Gasteiger partial charge >= 0.3 is 0 Å². The molecule has 2 aromatic rings. The van der Waals surface area contributed by atoms with E-state index in [2.05, 4.69) is 5.32 Å². The molecule has 0 spiro atoms. The number of carbonyl (C=O) groups is 2. The van der Waals surface area contributed by atoms with Crippen molar-refractivity contribution in [2.75, 3.05) is 30.4 Å². The van der Waals surface area contributed by atoms with E-state index >= 15 is 0 Å². The molecule has 2 amide bonds. The van der Waals surface area contributed by atoms with Crippen LogP contribution in [0.15, 0.2) is 41.3 Å². The van der Waals surface area contributed by atoms with Crippen LogP contribution < -0.4 is 16.0 Å². The van der Waals surface area contributed by atoms with Crippen LogP contribution in [0.4, 0.5) is 10.1 Å². The number of halogens is 3. The van der Waals surface area contributed by atoms with Crippen molar-refractivity contribution < 1.29 is 18.7 Å². The second-order valence-electron chi connectivity index (χ2n) is 8.03. The first-order valence-corrected chi connectivity index (χ1v) is 11.9. The van der Waals surface area contributed by atoms with E-state index in [0.29, 0.717) is 47.0 Å². The number of amides is 2. The Hall–Kier alpha value is -1.84. The minimum atomic E-state index is -0.728. The summed E-state index contributed by atoms with van der Waals surface area (Å²) in [5, 5.41) is 3.43. The van der Waals surface area contributed by atoms with Gasteiger partial charge in [-0.15, -0.1) is 24.2 Å². The Morgan fingerprint density at radius 3 is 2.64 bits per heavy atom. The highest BCUT2D eigenvalue weighted by atomic mass is 35.5. The van der Waals surface area contributed by atoms with Gasteiger partial charge in [-0.1, -0.05) is 23.7 Å². The topological polar surface area (TPSA) is 84.7 Å². The molecular formula is C23H26Cl2FN3O3S. The first-order chi connectivity index (χ1) is 15.4. The number of thioether (sulfide) groups is 1. The number of fused-ring (bicyclic) bond motifs is 1. The largest absolute Gasteiger partial charge is 0.381 e. The standard InChI is InChI=1S/C23H25ClFN3O3S.ClH/c24-16-3-1-15(2-4-16)12-28-20-9-17(22(29)27-11-14-5-7-31-8-6-14)18(25)10-21(20)32-13-19(26)23(28)30;/h1-4,9-10,14,19H,5-8,11-13,26H2,(H,27,29);1H/t19-;/m0./s1. The van der Waals surface area contributed by atoms with Gasteiger partial charge in [0.15, 0.2) is 0 Å². The molecule has 2 aliphatic heterocycles. The third-order valence-electron chi connectivity index (χ3n) is 5.73. The van der Waals surface area contributed by atoms with E-state index in [1.54, 1.807) is 12.1 Å². The maximum atomic E-state index is 14.9. The van der Waals surface area contributed by atoms with E-state index in [4.69, 9.17) is 22.1 Å². The lowest BCUT2D eigenvalue weighted by Crippen LogP contribution is -2.44. The van der Waals surface area contributed by atoms with Crippen LogP contribution in [0.1, 0.15) is 28.8 Å². The van der Waals surface area contributed by atoms with Crippen molar-refractivity contribution in [3.63, 3.8) is 0 Å². The first-order valence-electron chi connectivity index (χ1n) is 10.6. The number of carbonyl (C=O) groups excluding carboxylic acids is 2. The van der Waals surface area contributed by atoms with Crippen molar-refractivity contribution in [3.8, 4) is 0 Å². The molecule has 0 bridgehead atoms. The first kappa shape index (κ1) is 25.8. The average molecular weight is 514 g/mol. The predicted molar refractivity (Wildman–Crippen MR) is 131 cm³/mol. The van der Waals surface area contributed by atoms with Crippen molar-refractivity contribution in [3.05, 3.63) is 58.4 Å².